The van der Waals surface area contributed by atoms with E-state index in [-0.39, 0.29) is 10.7 Å². The van der Waals surface area contributed by atoms with Gasteiger partial charge in [-0.3, -0.25) is 4.79 Å². The van der Waals surface area contributed by atoms with Crippen LogP contribution < -0.4 is 0 Å². The normalized spacial score (nSPS) is 15.2. The molecule has 0 aliphatic heterocycles. The topological polar surface area (TPSA) is 36.4 Å². The average molecular weight is 336 g/mol. The number of alkyl halides is 3. The minimum Gasteiger partial charge on any atom is -0.340 e. The van der Waals surface area contributed by atoms with Gasteiger partial charge in [0.1, 0.15) is 10.8 Å². The largest absolute Gasteiger partial charge is 0.433 e. The predicted molar refractivity (Wildman–Crippen MR) is 76.9 cm³/mol. The van der Waals surface area contributed by atoms with Gasteiger partial charge < -0.3 is 9.80 Å². The highest BCUT2D eigenvalue weighted by molar-refractivity contribution is 6.29. The maximum atomic E-state index is 12.7. The Morgan fingerprint density at radius 2 is 1.95 bits per heavy atom. The molecule has 1 fully saturated rings. The van der Waals surface area contributed by atoms with Crippen LogP contribution in [0.3, 0.4) is 0 Å². The lowest BCUT2D eigenvalue weighted by Crippen LogP contribution is -2.35. The van der Waals surface area contributed by atoms with Crippen molar-refractivity contribution in [1.82, 2.24) is 14.8 Å². The van der Waals surface area contributed by atoms with Gasteiger partial charge >= 0.3 is 6.18 Å². The molecule has 0 bridgehead atoms. The van der Waals surface area contributed by atoms with Crippen LogP contribution in [-0.2, 0) is 6.18 Å². The summed E-state index contributed by atoms with van der Waals surface area (Å²) in [6.45, 7) is 1.12. The molecule has 1 saturated carbocycles. The Balaban J connectivity index is 2.05. The van der Waals surface area contributed by atoms with Gasteiger partial charge in [0.25, 0.3) is 5.91 Å². The zero-order valence-electron chi connectivity index (χ0n) is 12.3. The third-order valence-electron chi connectivity index (χ3n) is 3.64. The lowest BCUT2D eigenvalue weighted by Gasteiger charge is -2.22. The molecule has 1 aromatic heterocycles. The highest BCUT2D eigenvalue weighted by atomic mass is 35.5. The molecule has 0 aromatic carbocycles. The molecule has 1 aliphatic carbocycles. The standard InChI is InChI=1S/C14H17ClF3N3O/c1-20(10-3-4-10)5-6-21(2)13(22)9-7-11(14(16,17)18)19-12(15)8-9/h7-8,10H,3-6H2,1-2H3. The fraction of sp³-hybridized carbons (Fsp3) is 0.571. The Labute approximate surface area is 131 Å². The zero-order valence-corrected chi connectivity index (χ0v) is 13.1. The number of carbonyl (C=O) groups is 1. The van der Waals surface area contributed by atoms with Crippen molar-refractivity contribution in [2.24, 2.45) is 0 Å². The van der Waals surface area contributed by atoms with Crippen LogP contribution in [-0.4, -0.2) is 53.9 Å². The molecule has 1 amide bonds. The lowest BCUT2D eigenvalue weighted by atomic mass is 10.2. The predicted octanol–water partition coefficient (Wildman–Crippen LogP) is 2.92. The van der Waals surface area contributed by atoms with Gasteiger partial charge in [0, 0.05) is 31.7 Å². The van der Waals surface area contributed by atoms with E-state index in [9.17, 15) is 18.0 Å². The molecule has 2 rings (SSSR count). The van der Waals surface area contributed by atoms with Gasteiger partial charge in [0.05, 0.1) is 0 Å². The fourth-order valence-electron chi connectivity index (χ4n) is 2.09. The summed E-state index contributed by atoms with van der Waals surface area (Å²) in [6, 6.07) is 2.45. The van der Waals surface area contributed by atoms with E-state index in [1.807, 2.05) is 7.05 Å². The Morgan fingerprint density at radius 3 is 2.50 bits per heavy atom. The number of rotatable bonds is 5. The maximum Gasteiger partial charge on any atom is 0.433 e. The number of hydrogen-bond acceptors (Lipinski definition) is 3. The smallest absolute Gasteiger partial charge is 0.340 e. The number of nitrogens with zero attached hydrogens (tertiary/aromatic N) is 3. The minimum absolute atomic E-state index is 0.107. The van der Waals surface area contributed by atoms with E-state index >= 15 is 0 Å². The number of likely N-dealkylation sites (N-methyl/N-ethyl adjacent to an activating group) is 2. The van der Waals surface area contributed by atoms with E-state index < -0.39 is 17.8 Å². The molecule has 8 heteroatoms. The van der Waals surface area contributed by atoms with Gasteiger partial charge in [0.15, 0.2) is 0 Å². The van der Waals surface area contributed by atoms with Crippen LogP contribution in [0.4, 0.5) is 13.2 Å². The van der Waals surface area contributed by atoms with Gasteiger partial charge in [-0.15, -0.1) is 0 Å². The highest BCUT2D eigenvalue weighted by Gasteiger charge is 2.34. The second kappa shape index (κ2) is 6.42. The van der Waals surface area contributed by atoms with Crippen molar-refractivity contribution in [2.75, 3.05) is 27.2 Å². The summed E-state index contributed by atoms with van der Waals surface area (Å²) in [5.41, 5.74) is -1.27. The Morgan fingerprint density at radius 1 is 1.32 bits per heavy atom. The van der Waals surface area contributed by atoms with Crippen molar-refractivity contribution in [3.63, 3.8) is 0 Å². The summed E-state index contributed by atoms with van der Waals surface area (Å²) in [4.78, 5) is 19.0. The minimum atomic E-state index is -4.63. The molecular formula is C14H17ClF3N3O. The summed E-state index contributed by atoms with van der Waals surface area (Å²) >= 11 is 5.59. The zero-order chi connectivity index (χ0) is 16.5. The summed E-state index contributed by atoms with van der Waals surface area (Å²) in [5, 5.41) is -0.346. The average Bonchev–Trinajstić information content (AvgIpc) is 3.26. The second-order valence-corrected chi connectivity index (χ2v) is 5.89. The van der Waals surface area contributed by atoms with E-state index in [2.05, 4.69) is 9.88 Å². The van der Waals surface area contributed by atoms with Crippen LogP contribution in [0.1, 0.15) is 28.9 Å². The van der Waals surface area contributed by atoms with Crippen molar-refractivity contribution in [3.05, 3.63) is 28.5 Å². The molecule has 0 saturated heterocycles. The Kier molecular flexibility index (Phi) is 4.97. The van der Waals surface area contributed by atoms with Gasteiger partial charge in [-0.05, 0) is 32.0 Å². The molecule has 4 nitrogen and oxygen atoms in total. The summed E-state index contributed by atoms with van der Waals surface area (Å²) in [5.74, 6) is -0.501. The molecule has 0 spiro atoms. The molecule has 0 atom stereocenters. The number of aromatic nitrogens is 1. The van der Waals surface area contributed by atoms with Crippen molar-refractivity contribution < 1.29 is 18.0 Å². The summed E-state index contributed by atoms with van der Waals surface area (Å²) in [6.07, 6.45) is -2.32. The number of hydrogen-bond donors (Lipinski definition) is 0. The summed E-state index contributed by atoms with van der Waals surface area (Å²) in [7, 11) is 3.53. The first-order valence-corrected chi connectivity index (χ1v) is 7.27. The monoisotopic (exact) mass is 335 g/mol. The van der Waals surface area contributed by atoms with E-state index in [1.165, 1.54) is 4.90 Å². The number of halogens is 4. The fourth-order valence-corrected chi connectivity index (χ4v) is 2.30. The highest BCUT2D eigenvalue weighted by Crippen LogP contribution is 2.29. The van der Waals surface area contributed by atoms with Crippen molar-refractivity contribution in [3.8, 4) is 0 Å². The van der Waals surface area contributed by atoms with Gasteiger partial charge in [-0.1, -0.05) is 11.6 Å². The molecule has 122 valence electrons. The van der Waals surface area contributed by atoms with Crippen molar-refractivity contribution in [2.45, 2.75) is 25.1 Å². The van der Waals surface area contributed by atoms with Crippen molar-refractivity contribution in [1.29, 1.82) is 0 Å². The second-order valence-electron chi connectivity index (χ2n) is 5.50. The number of pyridine rings is 1. The van der Waals surface area contributed by atoms with E-state index in [4.69, 9.17) is 11.6 Å². The number of carbonyl (C=O) groups excluding carboxylic acids is 1. The third kappa shape index (κ3) is 4.33. The first-order valence-electron chi connectivity index (χ1n) is 6.89. The first-order chi connectivity index (χ1) is 10.2. The van der Waals surface area contributed by atoms with Crippen molar-refractivity contribution >= 4 is 17.5 Å². The van der Waals surface area contributed by atoms with Crippen LogP contribution in [0.15, 0.2) is 12.1 Å². The molecule has 1 aliphatic rings. The van der Waals surface area contributed by atoms with E-state index in [0.717, 1.165) is 25.0 Å². The van der Waals surface area contributed by atoms with E-state index in [1.54, 1.807) is 7.05 Å². The van der Waals surface area contributed by atoms with E-state index in [0.29, 0.717) is 19.1 Å². The van der Waals surface area contributed by atoms with Crippen LogP contribution >= 0.6 is 11.6 Å². The maximum absolute atomic E-state index is 12.7. The van der Waals surface area contributed by atoms with Crippen LogP contribution in [0, 0.1) is 0 Å². The van der Waals surface area contributed by atoms with Crippen LogP contribution in [0.2, 0.25) is 5.15 Å². The first kappa shape index (κ1) is 17.0. The Bertz CT molecular complexity index is 561. The lowest BCUT2D eigenvalue weighted by molar-refractivity contribution is -0.141. The third-order valence-corrected chi connectivity index (χ3v) is 3.83. The van der Waals surface area contributed by atoms with Crippen LogP contribution in [0.5, 0.6) is 0 Å². The molecule has 1 aromatic rings. The molecule has 0 radical (unpaired) electrons. The molecular weight excluding hydrogens is 319 g/mol. The number of amides is 1. The molecule has 0 unspecified atom stereocenters. The molecule has 1 heterocycles. The van der Waals surface area contributed by atoms with Gasteiger partial charge in [-0.25, -0.2) is 4.98 Å². The van der Waals surface area contributed by atoms with Gasteiger partial charge in [0.2, 0.25) is 0 Å². The van der Waals surface area contributed by atoms with Gasteiger partial charge in [-0.2, -0.15) is 13.2 Å². The molecule has 0 N–H and O–H groups in total. The summed E-state index contributed by atoms with van der Waals surface area (Å²) < 4.78 is 38.1. The SMILES string of the molecule is CN(CCN(C)C1CC1)C(=O)c1cc(Cl)nc(C(F)(F)F)c1. The Hall–Kier alpha value is -1.34. The van der Waals surface area contributed by atoms with Crippen LogP contribution in [0.25, 0.3) is 0 Å². The molecule has 22 heavy (non-hydrogen) atoms. The quantitative estimate of drug-likeness (QED) is 0.776.